The van der Waals surface area contributed by atoms with E-state index in [0.29, 0.717) is 45.7 Å². The molecule has 1 aliphatic rings. The van der Waals surface area contributed by atoms with Crippen molar-refractivity contribution in [1.82, 2.24) is 4.98 Å². The van der Waals surface area contributed by atoms with E-state index in [2.05, 4.69) is 10.3 Å². The highest BCUT2D eigenvalue weighted by atomic mass is 32.1. The van der Waals surface area contributed by atoms with Crippen LogP contribution in [0.15, 0.2) is 30.5 Å². The maximum atomic E-state index is 14.2. The third-order valence-corrected chi connectivity index (χ3v) is 7.38. The fourth-order valence-electron chi connectivity index (χ4n) is 4.51. The van der Waals surface area contributed by atoms with Gasteiger partial charge in [-0.1, -0.05) is 0 Å². The number of aryl methyl sites for hydroxylation is 1. The van der Waals surface area contributed by atoms with Crippen LogP contribution < -0.4 is 10.1 Å². The number of ether oxygens (including phenoxy) is 2. The molecular weight excluding hydrogens is 483 g/mol. The van der Waals surface area contributed by atoms with Crippen LogP contribution in [0.5, 0.6) is 5.75 Å². The van der Waals surface area contributed by atoms with Crippen molar-refractivity contribution in [2.45, 2.75) is 71.5 Å². The van der Waals surface area contributed by atoms with Gasteiger partial charge in [-0.3, -0.25) is 4.79 Å². The Labute approximate surface area is 213 Å². The quantitative estimate of drug-likeness (QED) is 0.274. The number of hydrogen-bond donors (Lipinski definition) is 2. The highest BCUT2D eigenvalue weighted by Gasteiger charge is 2.29. The summed E-state index contributed by atoms with van der Waals surface area (Å²) >= 11 is 1.12. The fourth-order valence-corrected chi connectivity index (χ4v) is 5.52. The van der Waals surface area contributed by atoms with Gasteiger partial charge in [-0.25, -0.2) is 14.2 Å². The minimum Gasteiger partial charge on any atom is -0.488 e. The average Bonchev–Trinajstić information content (AvgIpc) is 2.97. The third-order valence-electron chi connectivity index (χ3n) is 6.19. The predicted molar refractivity (Wildman–Crippen MR) is 138 cm³/mol. The smallest absolute Gasteiger partial charge is 0.346 e. The summed E-state index contributed by atoms with van der Waals surface area (Å²) in [6.45, 7) is 7.34. The summed E-state index contributed by atoms with van der Waals surface area (Å²) < 4.78 is 26.1. The Morgan fingerprint density at radius 1 is 1.14 bits per heavy atom. The van der Waals surface area contributed by atoms with Crippen molar-refractivity contribution in [3.8, 4) is 5.75 Å². The van der Waals surface area contributed by atoms with Crippen LogP contribution in [0.4, 0.5) is 15.8 Å². The summed E-state index contributed by atoms with van der Waals surface area (Å²) in [5.41, 5.74) is 1.34. The summed E-state index contributed by atoms with van der Waals surface area (Å²) in [4.78, 5) is 29.3. The first-order valence-corrected chi connectivity index (χ1v) is 12.9. The summed E-state index contributed by atoms with van der Waals surface area (Å²) in [5.74, 6) is -1.39. The lowest BCUT2D eigenvalue weighted by Crippen LogP contribution is -2.28. The van der Waals surface area contributed by atoms with Crippen LogP contribution in [-0.4, -0.2) is 33.7 Å². The molecule has 0 aliphatic heterocycles. The van der Waals surface area contributed by atoms with Crippen molar-refractivity contribution < 1.29 is 28.6 Å². The number of esters is 1. The number of nitrogens with zero attached hydrogens (tertiary/aromatic N) is 1. The minimum atomic E-state index is -0.995. The number of anilines is 2. The van der Waals surface area contributed by atoms with Gasteiger partial charge < -0.3 is 19.9 Å². The molecule has 0 amide bonds. The lowest BCUT2D eigenvalue weighted by Gasteiger charge is -2.23. The van der Waals surface area contributed by atoms with Crippen molar-refractivity contribution in [2.24, 2.45) is 5.92 Å². The first-order valence-electron chi connectivity index (χ1n) is 12.1. The van der Waals surface area contributed by atoms with E-state index in [4.69, 9.17) is 9.47 Å². The van der Waals surface area contributed by atoms with Crippen molar-refractivity contribution in [1.29, 1.82) is 0 Å². The van der Waals surface area contributed by atoms with Crippen molar-refractivity contribution in [3.63, 3.8) is 0 Å². The molecule has 7 nitrogen and oxygen atoms in total. The number of fused-ring (bicyclic) bond motifs is 1. The molecular formula is C27H31FN2O5S. The molecule has 3 aromatic rings. The zero-order valence-corrected chi connectivity index (χ0v) is 21.7. The molecule has 0 radical (unpaired) electrons. The van der Waals surface area contributed by atoms with Gasteiger partial charge in [0, 0.05) is 17.6 Å². The van der Waals surface area contributed by atoms with Gasteiger partial charge in [0.2, 0.25) is 0 Å². The monoisotopic (exact) mass is 514 g/mol. The molecule has 1 saturated carbocycles. The van der Waals surface area contributed by atoms with Crippen molar-refractivity contribution >= 4 is 44.9 Å². The number of carbonyl (C=O) groups is 2. The lowest BCUT2D eigenvalue weighted by atomic mass is 10.0. The van der Waals surface area contributed by atoms with E-state index in [1.165, 1.54) is 12.1 Å². The number of rotatable bonds is 6. The maximum Gasteiger partial charge on any atom is 0.346 e. The number of nitrogens with one attached hydrogen (secondary N) is 1. The van der Waals surface area contributed by atoms with Crippen LogP contribution in [0.25, 0.3) is 10.2 Å². The van der Waals surface area contributed by atoms with E-state index in [1.54, 1.807) is 25.3 Å². The Kier molecular flexibility index (Phi) is 7.49. The standard InChI is InChI=1S/C27H31FN2O5S/c1-15-22-20(12-13-29-24(22)36-23(15)25(31)32)30-19-11-9-17(28)14-21(19)34-18-7-5-6-16(8-10-18)26(33)35-27(2,3)4/h9,11-14,16,18H,5-8,10H2,1-4H3,(H,29,30)(H,31,32)/t16?,18-/m1/s1. The molecule has 2 heterocycles. The van der Waals surface area contributed by atoms with Gasteiger partial charge in [0.05, 0.1) is 23.4 Å². The fraction of sp³-hybridized carbons (Fsp3) is 0.444. The second-order valence-corrected chi connectivity index (χ2v) is 11.1. The number of hydrogen-bond acceptors (Lipinski definition) is 7. The van der Waals surface area contributed by atoms with Crippen molar-refractivity contribution in [2.75, 3.05) is 5.32 Å². The molecule has 0 saturated heterocycles. The topological polar surface area (TPSA) is 97.8 Å². The number of halogens is 1. The SMILES string of the molecule is Cc1c(C(=O)O)sc2nccc(Nc3ccc(F)cc3O[C@@H]3CCCC(C(=O)OC(C)(C)C)CC3)c12. The first-order chi connectivity index (χ1) is 17.0. The summed E-state index contributed by atoms with van der Waals surface area (Å²) in [7, 11) is 0. The summed E-state index contributed by atoms with van der Waals surface area (Å²) in [5, 5.41) is 13.5. The van der Waals surface area contributed by atoms with E-state index < -0.39 is 17.4 Å². The summed E-state index contributed by atoms with van der Waals surface area (Å²) in [6, 6.07) is 6.07. The molecule has 2 N–H and O–H groups in total. The number of carboxylic acids is 1. The second-order valence-electron chi connectivity index (χ2n) is 10.1. The van der Waals surface area contributed by atoms with Crippen LogP contribution in [0.1, 0.15) is 68.1 Å². The van der Waals surface area contributed by atoms with E-state index in [0.717, 1.165) is 30.6 Å². The van der Waals surface area contributed by atoms with Gasteiger partial charge in [0.25, 0.3) is 0 Å². The van der Waals surface area contributed by atoms with Gasteiger partial charge in [-0.2, -0.15) is 0 Å². The Hall–Kier alpha value is -3.20. The number of carbonyl (C=O) groups excluding carboxylic acids is 1. The van der Waals surface area contributed by atoms with Gasteiger partial charge in [-0.15, -0.1) is 11.3 Å². The van der Waals surface area contributed by atoms with Gasteiger partial charge in [0.15, 0.2) is 0 Å². The maximum absolute atomic E-state index is 14.2. The van der Waals surface area contributed by atoms with Gasteiger partial charge in [-0.05, 0) is 83.6 Å². The van der Waals surface area contributed by atoms with Crippen molar-refractivity contribution in [3.05, 3.63) is 46.7 Å². The molecule has 1 aliphatic carbocycles. The van der Waals surface area contributed by atoms with Crippen LogP contribution in [0, 0.1) is 18.7 Å². The molecule has 4 rings (SSSR count). The molecule has 9 heteroatoms. The molecule has 0 bridgehead atoms. The first kappa shape index (κ1) is 25.9. The molecule has 0 spiro atoms. The molecule has 1 aromatic carbocycles. The molecule has 2 aromatic heterocycles. The third kappa shape index (κ3) is 5.95. The van der Waals surface area contributed by atoms with E-state index >= 15 is 0 Å². The lowest BCUT2D eigenvalue weighted by molar-refractivity contribution is -0.160. The van der Waals surface area contributed by atoms with Crippen LogP contribution in [0.3, 0.4) is 0 Å². The zero-order valence-electron chi connectivity index (χ0n) is 20.9. The molecule has 1 fully saturated rings. The number of benzene rings is 1. The number of carboxylic acid groups (broad SMARTS) is 1. The molecule has 1 unspecified atom stereocenters. The van der Waals surface area contributed by atoms with Crippen LogP contribution in [-0.2, 0) is 9.53 Å². The number of pyridine rings is 1. The average molecular weight is 515 g/mol. The molecule has 2 atom stereocenters. The van der Waals surface area contributed by atoms with E-state index in [-0.39, 0.29) is 22.9 Å². The second kappa shape index (κ2) is 10.4. The molecule has 192 valence electrons. The Morgan fingerprint density at radius 3 is 2.64 bits per heavy atom. The predicted octanol–water partition coefficient (Wildman–Crippen LogP) is 6.86. The highest BCUT2D eigenvalue weighted by molar-refractivity contribution is 7.20. The summed E-state index contributed by atoms with van der Waals surface area (Å²) in [6.07, 6.45) is 5.04. The largest absolute Gasteiger partial charge is 0.488 e. The number of thiophene rings is 1. The van der Waals surface area contributed by atoms with Gasteiger partial charge in [0.1, 0.15) is 26.9 Å². The number of aromatic nitrogens is 1. The molecule has 36 heavy (non-hydrogen) atoms. The Morgan fingerprint density at radius 2 is 1.92 bits per heavy atom. The van der Waals surface area contributed by atoms with E-state index in [9.17, 15) is 19.1 Å². The van der Waals surface area contributed by atoms with Crippen LogP contribution in [0.2, 0.25) is 0 Å². The Balaban J connectivity index is 1.54. The zero-order chi connectivity index (χ0) is 26.0. The highest BCUT2D eigenvalue weighted by Crippen LogP contribution is 2.38. The minimum absolute atomic E-state index is 0.168. The normalized spacial score (nSPS) is 18.5. The Bertz CT molecular complexity index is 1280. The van der Waals surface area contributed by atoms with E-state index in [1.807, 2.05) is 20.8 Å². The van der Waals surface area contributed by atoms with Crippen LogP contribution >= 0.6 is 11.3 Å². The number of aromatic carboxylic acids is 1. The van der Waals surface area contributed by atoms with Gasteiger partial charge >= 0.3 is 11.9 Å².